The molecule has 1 saturated carbocycles. The van der Waals surface area contributed by atoms with Crippen LogP contribution in [-0.2, 0) is 10.0 Å². The lowest BCUT2D eigenvalue weighted by molar-refractivity contribution is 0.333. The smallest absolute Gasteiger partial charge is 0.212 e. The number of sulfonamides is 1. The molecule has 0 aromatic rings. The van der Waals surface area contributed by atoms with E-state index in [0.29, 0.717) is 6.04 Å². The lowest BCUT2D eigenvalue weighted by Crippen LogP contribution is -2.43. The number of hydrogen-bond acceptors (Lipinski definition) is 3. The van der Waals surface area contributed by atoms with Crippen molar-refractivity contribution in [2.45, 2.75) is 58.5 Å². The largest absolute Gasteiger partial charge is 0.314 e. The van der Waals surface area contributed by atoms with Crippen molar-refractivity contribution in [1.29, 1.82) is 0 Å². The molecule has 0 bridgehead atoms. The highest BCUT2D eigenvalue weighted by atomic mass is 32.2. The summed E-state index contributed by atoms with van der Waals surface area (Å²) in [4.78, 5) is 0. The standard InChI is InChI=1S/C12H26N2O2S/c1-4-13-11-5-7-12(8-6-11)14-17(15,16)9-10(2)3/h10-14H,4-9H2,1-3H3. The Bertz CT molecular complexity index is 306. The Morgan fingerprint density at radius 2 is 1.65 bits per heavy atom. The van der Waals surface area contributed by atoms with E-state index in [1.54, 1.807) is 0 Å². The molecule has 102 valence electrons. The molecule has 0 radical (unpaired) electrons. The maximum Gasteiger partial charge on any atom is 0.212 e. The van der Waals surface area contributed by atoms with E-state index < -0.39 is 10.0 Å². The summed E-state index contributed by atoms with van der Waals surface area (Å²) in [6.45, 7) is 6.97. The van der Waals surface area contributed by atoms with Crippen LogP contribution in [0.3, 0.4) is 0 Å². The van der Waals surface area contributed by atoms with Crippen LogP contribution < -0.4 is 10.0 Å². The minimum atomic E-state index is -3.08. The summed E-state index contributed by atoms with van der Waals surface area (Å²) < 4.78 is 26.4. The first-order chi connectivity index (χ1) is 7.93. The van der Waals surface area contributed by atoms with Crippen molar-refractivity contribution in [1.82, 2.24) is 10.0 Å². The van der Waals surface area contributed by atoms with Crippen molar-refractivity contribution in [2.75, 3.05) is 12.3 Å². The maximum atomic E-state index is 11.8. The van der Waals surface area contributed by atoms with Gasteiger partial charge in [0.2, 0.25) is 10.0 Å². The summed E-state index contributed by atoms with van der Waals surface area (Å²) in [5.41, 5.74) is 0. The highest BCUT2D eigenvalue weighted by Gasteiger charge is 2.24. The first-order valence-electron chi connectivity index (χ1n) is 6.66. The van der Waals surface area contributed by atoms with Crippen LogP contribution in [0.1, 0.15) is 46.5 Å². The highest BCUT2D eigenvalue weighted by Crippen LogP contribution is 2.19. The van der Waals surface area contributed by atoms with Gasteiger partial charge in [-0.3, -0.25) is 0 Å². The van der Waals surface area contributed by atoms with E-state index in [1.807, 2.05) is 13.8 Å². The van der Waals surface area contributed by atoms with Gasteiger partial charge in [0.1, 0.15) is 0 Å². The topological polar surface area (TPSA) is 58.2 Å². The third-order valence-electron chi connectivity index (χ3n) is 3.12. The fourth-order valence-electron chi connectivity index (χ4n) is 2.44. The molecular weight excluding hydrogens is 236 g/mol. The monoisotopic (exact) mass is 262 g/mol. The Morgan fingerprint density at radius 3 is 2.12 bits per heavy atom. The molecule has 5 heteroatoms. The molecule has 1 aliphatic rings. The minimum Gasteiger partial charge on any atom is -0.314 e. The van der Waals surface area contributed by atoms with Crippen LogP contribution in [0.25, 0.3) is 0 Å². The Labute approximate surface area is 106 Å². The lowest BCUT2D eigenvalue weighted by Gasteiger charge is -2.29. The lowest BCUT2D eigenvalue weighted by atomic mass is 9.92. The molecular formula is C12H26N2O2S. The van der Waals surface area contributed by atoms with E-state index in [0.717, 1.165) is 32.2 Å². The molecule has 0 saturated heterocycles. The van der Waals surface area contributed by atoms with Crippen molar-refractivity contribution in [3.8, 4) is 0 Å². The molecule has 17 heavy (non-hydrogen) atoms. The fourth-order valence-corrected chi connectivity index (χ4v) is 4.16. The van der Waals surface area contributed by atoms with Crippen LogP contribution >= 0.6 is 0 Å². The molecule has 0 unspecified atom stereocenters. The number of nitrogens with one attached hydrogen (secondary N) is 2. The van der Waals surface area contributed by atoms with Gasteiger partial charge in [-0.2, -0.15) is 0 Å². The van der Waals surface area contributed by atoms with Crippen molar-refractivity contribution >= 4 is 10.0 Å². The SMILES string of the molecule is CCNC1CCC(NS(=O)(=O)CC(C)C)CC1. The van der Waals surface area contributed by atoms with Crippen molar-refractivity contribution < 1.29 is 8.42 Å². The van der Waals surface area contributed by atoms with Crippen LogP contribution in [0.5, 0.6) is 0 Å². The van der Waals surface area contributed by atoms with E-state index in [1.165, 1.54) is 0 Å². The van der Waals surface area contributed by atoms with Crippen molar-refractivity contribution in [2.24, 2.45) is 5.92 Å². The van der Waals surface area contributed by atoms with Gasteiger partial charge in [0.15, 0.2) is 0 Å². The Balaban J connectivity index is 2.35. The predicted octanol–water partition coefficient (Wildman–Crippen LogP) is 1.48. The second-order valence-corrected chi connectivity index (χ2v) is 7.20. The molecule has 2 N–H and O–H groups in total. The van der Waals surface area contributed by atoms with Gasteiger partial charge in [0.25, 0.3) is 0 Å². The zero-order chi connectivity index (χ0) is 12.9. The average molecular weight is 262 g/mol. The molecule has 0 aliphatic heterocycles. The normalized spacial score (nSPS) is 26.4. The fraction of sp³-hybridized carbons (Fsp3) is 1.00. The summed E-state index contributed by atoms with van der Waals surface area (Å²) in [6, 6.07) is 0.722. The van der Waals surface area contributed by atoms with E-state index in [-0.39, 0.29) is 17.7 Å². The van der Waals surface area contributed by atoms with Gasteiger partial charge in [0, 0.05) is 12.1 Å². The quantitative estimate of drug-likeness (QED) is 0.762. The molecule has 0 aromatic heterocycles. The van der Waals surface area contributed by atoms with E-state index in [2.05, 4.69) is 17.0 Å². The third kappa shape index (κ3) is 5.84. The maximum absolute atomic E-state index is 11.8. The molecule has 0 amide bonds. The summed E-state index contributed by atoms with van der Waals surface area (Å²) in [5.74, 6) is 0.422. The van der Waals surface area contributed by atoms with Gasteiger partial charge in [-0.05, 0) is 38.1 Å². The van der Waals surface area contributed by atoms with Gasteiger partial charge >= 0.3 is 0 Å². The Hall–Kier alpha value is -0.130. The van der Waals surface area contributed by atoms with Gasteiger partial charge in [-0.1, -0.05) is 20.8 Å². The van der Waals surface area contributed by atoms with Crippen LogP contribution in [0.4, 0.5) is 0 Å². The second-order valence-electron chi connectivity index (χ2n) is 5.40. The predicted molar refractivity (Wildman–Crippen MR) is 71.5 cm³/mol. The summed E-state index contributed by atoms with van der Waals surface area (Å²) in [5, 5.41) is 3.42. The van der Waals surface area contributed by atoms with Gasteiger partial charge in [-0.25, -0.2) is 13.1 Å². The van der Waals surface area contributed by atoms with Crippen LogP contribution in [-0.4, -0.2) is 32.8 Å². The van der Waals surface area contributed by atoms with Crippen molar-refractivity contribution in [3.05, 3.63) is 0 Å². The zero-order valence-electron chi connectivity index (χ0n) is 11.2. The molecule has 1 aliphatic carbocycles. The first kappa shape index (κ1) is 14.9. The molecule has 0 heterocycles. The molecule has 0 spiro atoms. The zero-order valence-corrected chi connectivity index (χ0v) is 12.0. The van der Waals surface area contributed by atoms with Crippen LogP contribution in [0, 0.1) is 5.92 Å². The van der Waals surface area contributed by atoms with Gasteiger partial charge < -0.3 is 5.32 Å². The number of rotatable bonds is 6. The van der Waals surface area contributed by atoms with E-state index >= 15 is 0 Å². The Kier molecular flexibility index (Phi) is 5.89. The summed E-state index contributed by atoms with van der Waals surface area (Å²) in [7, 11) is -3.08. The summed E-state index contributed by atoms with van der Waals surface area (Å²) >= 11 is 0. The highest BCUT2D eigenvalue weighted by molar-refractivity contribution is 7.89. The van der Waals surface area contributed by atoms with Crippen molar-refractivity contribution in [3.63, 3.8) is 0 Å². The van der Waals surface area contributed by atoms with Gasteiger partial charge in [0.05, 0.1) is 5.75 Å². The molecule has 0 atom stereocenters. The first-order valence-corrected chi connectivity index (χ1v) is 8.31. The molecule has 1 rings (SSSR count). The average Bonchev–Trinajstić information content (AvgIpc) is 2.18. The van der Waals surface area contributed by atoms with E-state index in [9.17, 15) is 8.42 Å². The Morgan fingerprint density at radius 1 is 1.12 bits per heavy atom. The number of hydrogen-bond donors (Lipinski definition) is 2. The summed E-state index contributed by atoms with van der Waals surface area (Å²) in [6.07, 6.45) is 4.05. The van der Waals surface area contributed by atoms with E-state index in [4.69, 9.17) is 0 Å². The minimum absolute atomic E-state index is 0.147. The third-order valence-corrected chi connectivity index (χ3v) is 4.92. The molecule has 1 fully saturated rings. The van der Waals surface area contributed by atoms with Crippen LogP contribution in [0.15, 0.2) is 0 Å². The van der Waals surface area contributed by atoms with Crippen LogP contribution in [0.2, 0.25) is 0 Å². The second kappa shape index (κ2) is 6.71. The molecule has 0 aromatic carbocycles. The van der Waals surface area contributed by atoms with Gasteiger partial charge in [-0.15, -0.1) is 0 Å². The molecule has 4 nitrogen and oxygen atoms in total.